The van der Waals surface area contributed by atoms with E-state index >= 15 is 0 Å². The van der Waals surface area contributed by atoms with Crippen LogP contribution in [0.15, 0.2) is 51.7 Å². The van der Waals surface area contributed by atoms with Crippen molar-refractivity contribution in [2.24, 2.45) is 17.8 Å². The lowest BCUT2D eigenvalue weighted by Gasteiger charge is -2.33. The molecule has 6 rings (SSSR count). The average Bonchev–Trinajstić information content (AvgIpc) is 3.35. The number of aromatic nitrogens is 6. The third-order valence-corrected chi connectivity index (χ3v) is 9.11. The lowest BCUT2D eigenvalue weighted by atomic mass is 9.78. The van der Waals surface area contributed by atoms with E-state index < -0.39 is 11.9 Å². The van der Waals surface area contributed by atoms with E-state index in [1.54, 1.807) is 6.20 Å². The van der Waals surface area contributed by atoms with E-state index in [1.807, 2.05) is 42.3 Å². The molecule has 0 aromatic carbocycles. The number of fused-ring (bicyclic) bond motifs is 1. The molecule has 220 valence electrons. The number of aryl methyl sites for hydroxylation is 1. The molecule has 2 saturated carbocycles. The van der Waals surface area contributed by atoms with Crippen LogP contribution in [0.1, 0.15) is 86.7 Å². The molecular formula is C30H35BrN8O3. The Morgan fingerprint density at radius 3 is 2.69 bits per heavy atom. The Balaban J connectivity index is 1.26. The van der Waals surface area contributed by atoms with Gasteiger partial charge in [-0.2, -0.15) is 5.10 Å². The summed E-state index contributed by atoms with van der Waals surface area (Å²) in [5.74, 6) is 3.03. The van der Waals surface area contributed by atoms with Gasteiger partial charge in [-0.3, -0.25) is 9.48 Å². The molecule has 1 amide bonds. The second kappa shape index (κ2) is 12.2. The molecule has 2 atom stereocenters. The van der Waals surface area contributed by atoms with Gasteiger partial charge in [-0.25, -0.2) is 14.4 Å². The van der Waals surface area contributed by atoms with Crippen LogP contribution in [0.3, 0.4) is 0 Å². The van der Waals surface area contributed by atoms with Gasteiger partial charge in [-0.05, 0) is 76.7 Å². The van der Waals surface area contributed by atoms with Gasteiger partial charge in [0.2, 0.25) is 0 Å². The molecule has 2 aliphatic rings. The fraction of sp³-hybridized carbons (Fsp3) is 0.500. The predicted octanol–water partition coefficient (Wildman–Crippen LogP) is 5.38. The first-order chi connectivity index (χ1) is 20.4. The van der Waals surface area contributed by atoms with Gasteiger partial charge in [-0.15, -0.1) is 0 Å². The first-order valence-electron chi connectivity index (χ1n) is 14.7. The van der Waals surface area contributed by atoms with E-state index in [0.717, 1.165) is 47.9 Å². The Labute approximate surface area is 252 Å². The number of nitrogens with zero attached hydrogens (tertiary/aromatic N) is 6. The zero-order valence-electron chi connectivity index (χ0n) is 23.8. The molecule has 0 saturated heterocycles. The van der Waals surface area contributed by atoms with Crippen molar-refractivity contribution in [3.63, 3.8) is 0 Å². The van der Waals surface area contributed by atoms with Gasteiger partial charge in [0, 0.05) is 16.9 Å². The number of halogens is 1. The monoisotopic (exact) mass is 634 g/mol. The number of anilines is 1. The minimum atomic E-state index is -0.564. The highest BCUT2D eigenvalue weighted by atomic mass is 79.9. The maximum atomic E-state index is 13.3. The van der Waals surface area contributed by atoms with E-state index in [9.17, 15) is 9.59 Å². The SMILES string of the molecule is CCc1nonc1C(=O)N[C@H](C(=C=O)Nc1cnn(C(CC2CC2)c2cnc3ccc(Br)cn23)c1)[C@H]1CC[C@H](C)CC1. The van der Waals surface area contributed by atoms with Crippen molar-refractivity contribution in [1.29, 1.82) is 0 Å². The van der Waals surface area contributed by atoms with Gasteiger partial charge in [0.15, 0.2) is 5.69 Å². The van der Waals surface area contributed by atoms with Gasteiger partial charge < -0.3 is 15.0 Å². The van der Waals surface area contributed by atoms with Crippen molar-refractivity contribution in [3.05, 3.63) is 64.2 Å². The highest BCUT2D eigenvalue weighted by molar-refractivity contribution is 9.10. The second-order valence-electron chi connectivity index (χ2n) is 11.7. The van der Waals surface area contributed by atoms with E-state index in [2.05, 4.69) is 59.1 Å². The number of carbonyl (C=O) groups is 1. The van der Waals surface area contributed by atoms with Gasteiger partial charge >= 0.3 is 0 Å². The predicted molar refractivity (Wildman–Crippen MR) is 159 cm³/mol. The summed E-state index contributed by atoms with van der Waals surface area (Å²) in [6.45, 7) is 4.12. The number of imidazole rings is 1. The summed E-state index contributed by atoms with van der Waals surface area (Å²) in [7, 11) is 0. The molecule has 2 fully saturated rings. The van der Waals surface area contributed by atoms with Gasteiger partial charge in [0.05, 0.1) is 35.9 Å². The normalized spacial score (nSPS) is 20.2. The quantitative estimate of drug-likeness (QED) is 0.210. The van der Waals surface area contributed by atoms with Crippen molar-refractivity contribution in [2.45, 2.75) is 77.3 Å². The van der Waals surface area contributed by atoms with E-state index in [4.69, 9.17) is 9.73 Å². The van der Waals surface area contributed by atoms with Crippen LogP contribution in [-0.2, 0) is 11.2 Å². The van der Waals surface area contributed by atoms with Crippen LogP contribution in [0.4, 0.5) is 5.69 Å². The van der Waals surface area contributed by atoms with Crippen molar-refractivity contribution in [3.8, 4) is 0 Å². The maximum Gasteiger partial charge on any atom is 0.276 e. The van der Waals surface area contributed by atoms with Gasteiger partial charge in [0.1, 0.15) is 23.0 Å². The Morgan fingerprint density at radius 2 is 1.95 bits per heavy atom. The van der Waals surface area contributed by atoms with Crippen LogP contribution in [0.5, 0.6) is 0 Å². The van der Waals surface area contributed by atoms with E-state index in [0.29, 0.717) is 29.6 Å². The molecule has 0 bridgehead atoms. The first kappa shape index (κ1) is 28.4. The third kappa shape index (κ3) is 6.05. The summed E-state index contributed by atoms with van der Waals surface area (Å²) in [6, 6.07) is 3.38. The van der Waals surface area contributed by atoms with E-state index in [1.165, 1.54) is 12.8 Å². The minimum absolute atomic E-state index is 0.0246. The fourth-order valence-corrected chi connectivity index (χ4v) is 6.35. The number of hydrogen-bond acceptors (Lipinski definition) is 8. The molecule has 11 nitrogen and oxygen atoms in total. The summed E-state index contributed by atoms with van der Waals surface area (Å²) in [5, 5.41) is 18.7. The maximum absolute atomic E-state index is 13.3. The number of rotatable bonds is 11. The Hall–Kier alpha value is -3.76. The van der Waals surface area contributed by atoms with Gasteiger partial charge in [-0.1, -0.05) is 44.7 Å². The molecule has 12 heteroatoms. The molecule has 0 spiro atoms. The van der Waals surface area contributed by atoms with Crippen LogP contribution in [0, 0.1) is 17.8 Å². The molecule has 4 aromatic rings. The van der Waals surface area contributed by atoms with Crippen molar-refractivity contribution in [1.82, 2.24) is 34.8 Å². The Kier molecular flexibility index (Phi) is 8.26. The molecule has 2 N–H and O–H groups in total. The fourth-order valence-electron chi connectivity index (χ4n) is 6.01. The zero-order chi connectivity index (χ0) is 29.2. The van der Waals surface area contributed by atoms with Crippen LogP contribution in [0.2, 0.25) is 0 Å². The Morgan fingerprint density at radius 1 is 1.14 bits per heavy atom. The summed E-state index contributed by atoms with van der Waals surface area (Å²) < 4.78 is 9.84. The Bertz CT molecular complexity index is 1610. The standard InChI is InChI=1S/C30H35BrN8O3/c1-3-23-29(37-42-36-23)30(41)35-28(20-8-4-18(2)5-9-20)24(17-40)34-22-13-33-39(16-22)25(12-19-6-7-19)26-14-32-27-11-10-21(31)15-38(26)27/h10-11,13-16,18-20,25,28,34H,3-9,12H2,1-2H3,(H,35,41)/t18-,20-,25?,28-/m0/s1. The van der Waals surface area contributed by atoms with Gasteiger partial charge in [0.25, 0.3) is 5.91 Å². The molecule has 4 aromatic heterocycles. The number of hydrogen-bond donors (Lipinski definition) is 2. The highest BCUT2D eigenvalue weighted by Crippen LogP contribution is 2.40. The molecule has 4 heterocycles. The van der Waals surface area contributed by atoms with Crippen LogP contribution in [-0.4, -0.2) is 47.4 Å². The smallest absolute Gasteiger partial charge is 0.276 e. The summed E-state index contributed by atoms with van der Waals surface area (Å²) in [6.07, 6.45) is 15.3. The first-order valence-corrected chi connectivity index (χ1v) is 15.5. The third-order valence-electron chi connectivity index (χ3n) is 8.64. The number of carbonyl (C=O) groups excluding carboxylic acids is 2. The van der Waals surface area contributed by atoms with Crippen molar-refractivity contribution >= 4 is 39.1 Å². The molecule has 1 unspecified atom stereocenters. The molecule has 2 aliphatic carbocycles. The topological polar surface area (TPSA) is 132 Å². The van der Waals surface area contributed by atoms with Crippen LogP contribution in [0.25, 0.3) is 5.65 Å². The summed E-state index contributed by atoms with van der Waals surface area (Å²) in [4.78, 5) is 30.3. The lowest BCUT2D eigenvalue weighted by Crippen LogP contribution is -2.45. The highest BCUT2D eigenvalue weighted by Gasteiger charge is 2.33. The lowest BCUT2D eigenvalue weighted by molar-refractivity contribution is 0.0910. The number of nitrogens with one attached hydrogen (secondary N) is 2. The van der Waals surface area contributed by atoms with Crippen molar-refractivity contribution < 1.29 is 14.2 Å². The molecule has 42 heavy (non-hydrogen) atoms. The summed E-state index contributed by atoms with van der Waals surface area (Å²) >= 11 is 3.58. The van der Waals surface area contributed by atoms with E-state index in [-0.39, 0.29) is 23.4 Å². The molecular weight excluding hydrogens is 600 g/mol. The number of amides is 1. The minimum Gasteiger partial charge on any atom is -0.346 e. The largest absolute Gasteiger partial charge is 0.346 e. The summed E-state index contributed by atoms with van der Waals surface area (Å²) in [5.41, 5.74) is 3.48. The second-order valence-corrected chi connectivity index (χ2v) is 12.6. The van der Waals surface area contributed by atoms with Crippen molar-refractivity contribution in [2.75, 3.05) is 5.32 Å². The van der Waals surface area contributed by atoms with Crippen LogP contribution >= 0.6 is 15.9 Å². The molecule has 0 radical (unpaired) electrons. The zero-order valence-corrected chi connectivity index (χ0v) is 25.4. The molecule has 0 aliphatic heterocycles. The van der Waals surface area contributed by atoms with Crippen LogP contribution < -0.4 is 10.6 Å². The number of pyridine rings is 1. The average molecular weight is 636 g/mol.